The number of H-pyrrole nitrogens is 1. The Morgan fingerprint density at radius 2 is 1.66 bits per heavy atom. The highest BCUT2D eigenvalue weighted by Gasteiger charge is 2.50. The summed E-state index contributed by atoms with van der Waals surface area (Å²) in [5.74, 6) is -6.39. The standard InChI is InChI=1S/C43H56N4O11/c1-20-14-13-15-21(2)41(54)44-33-32-31(45-42(46-32)47-17-11-10-12-18-47)28-29(37(33)52)36(51)25(6)39-30(28)40(53)43(8,58-39)56-19-16-27(55-9)22(3)38(57-26(7)48)24(5)35(50)23(4)34(20)49/h13-16,19-20,22-24,27,34-35,38,49-52H,10-12,17-18H2,1-9H3,(H,44,54)(H,45,46)/b14-13+,19-16+,21-15-/t20-,22-,23-,24+,27+,34+,35+,38+,43+/m1/s1. The number of benzene rings is 2. The second kappa shape index (κ2) is 16.6. The van der Waals surface area contributed by atoms with Gasteiger partial charge in [0.15, 0.2) is 5.75 Å². The Labute approximate surface area is 337 Å². The number of esters is 1. The second-order valence-electron chi connectivity index (χ2n) is 16.2. The minimum absolute atomic E-state index is 0.0339. The quantitative estimate of drug-likeness (QED) is 0.134. The molecule has 1 fully saturated rings. The predicted octanol–water partition coefficient (Wildman–Crippen LogP) is 5.92. The lowest BCUT2D eigenvalue weighted by Gasteiger charge is -2.38. The molecule has 1 aromatic heterocycles. The van der Waals surface area contributed by atoms with Crippen molar-refractivity contribution < 1.29 is 53.8 Å². The van der Waals surface area contributed by atoms with Crippen LogP contribution in [0.15, 0.2) is 36.1 Å². The molecule has 0 saturated carbocycles. The molecule has 314 valence electrons. The molecule has 0 spiro atoms. The number of phenols is 2. The Kier molecular flexibility index (Phi) is 12.2. The molecule has 1 saturated heterocycles. The van der Waals surface area contributed by atoms with Crippen molar-refractivity contribution in [1.82, 2.24) is 9.97 Å². The van der Waals surface area contributed by atoms with E-state index in [0.717, 1.165) is 32.4 Å². The molecule has 4 bridgehead atoms. The number of amides is 1. The smallest absolute Gasteiger partial charge is 0.312 e. The number of imidazole rings is 1. The molecule has 3 aliphatic heterocycles. The summed E-state index contributed by atoms with van der Waals surface area (Å²) in [5.41, 5.74) is 0.866. The molecule has 4 heterocycles. The number of anilines is 2. The van der Waals surface area contributed by atoms with Crippen LogP contribution in [-0.2, 0) is 23.8 Å². The third-order valence-electron chi connectivity index (χ3n) is 12.1. The Balaban J connectivity index is 1.54. The summed E-state index contributed by atoms with van der Waals surface area (Å²) in [6.45, 7) is 14.3. The zero-order chi connectivity index (χ0) is 42.4. The number of allylic oxidation sites excluding steroid dienone is 2. The van der Waals surface area contributed by atoms with Crippen LogP contribution in [0.5, 0.6) is 17.2 Å². The number of ketones is 1. The van der Waals surface area contributed by atoms with Crippen molar-refractivity contribution in [1.29, 1.82) is 0 Å². The molecule has 15 heteroatoms. The predicted molar refractivity (Wildman–Crippen MR) is 218 cm³/mol. The Morgan fingerprint density at radius 3 is 2.31 bits per heavy atom. The summed E-state index contributed by atoms with van der Waals surface area (Å²) >= 11 is 0. The van der Waals surface area contributed by atoms with Crippen molar-refractivity contribution in [3.05, 3.63) is 47.3 Å². The number of aliphatic hydroxyl groups excluding tert-OH is 2. The van der Waals surface area contributed by atoms with Crippen molar-refractivity contribution in [2.75, 3.05) is 30.4 Å². The van der Waals surface area contributed by atoms with Gasteiger partial charge in [0.05, 0.1) is 41.0 Å². The van der Waals surface area contributed by atoms with Gasteiger partial charge in [-0.05, 0) is 39.2 Å². The summed E-state index contributed by atoms with van der Waals surface area (Å²) in [7, 11) is 1.46. The van der Waals surface area contributed by atoms with Crippen LogP contribution in [0.4, 0.5) is 11.6 Å². The van der Waals surface area contributed by atoms with Gasteiger partial charge in [0.25, 0.3) is 11.7 Å². The number of nitrogens with one attached hydrogen (secondary N) is 2. The fourth-order valence-electron chi connectivity index (χ4n) is 8.46. The van der Waals surface area contributed by atoms with Crippen molar-refractivity contribution in [3.8, 4) is 17.2 Å². The van der Waals surface area contributed by atoms with Crippen LogP contribution >= 0.6 is 0 Å². The first-order chi connectivity index (χ1) is 27.4. The minimum atomic E-state index is -1.95. The molecular formula is C43H56N4O11. The van der Waals surface area contributed by atoms with Crippen molar-refractivity contribution in [3.63, 3.8) is 0 Å². The molecule has 0 aliphatic carbocycles. The molecule has 1 amide bonds. The molecule has 0 unspecified atom stereocenters. The third kappa shape index (κ3) is 7.62. The molecule has 3 aromatic rings. The summed E-state index contributed by atoms with van der Waals surface area (Å²) in [6, 6.07) is 0. The molecule has 15 nitrogen and oxygen atoms in total. The number of aliphatic hydroxyl groups is 2. The molecule has 6 N–H and O–H groups in total. The van der Waals surface area contributed by atoms with Gasteiger partial charge < -0.3 is 54.6 Å². The molecule has 9 atom stereocenters. The summed E-state index contributed by atoms with van der Waals surface area (Å²) in [6.07, 6.45) is 6.90. The lowest BCUT2D eigenvalue weighted by atomic mass is 9.78. The van der Waals surface area contributed by atoms with Gasteiger partial charge in [0, 0.05) is 74.2 Å². The maximum atomic E-state index is 14.6. The molecule has 2 aromatic carbocycles. The zero-order valence-corrected chi connectivity index (χ0v) is 34.6. The number of fused-ring (bicyclic) bond motifs is 1. The third-order valence-corrected chi connectivity index (χ3v) is 12.1. The Hall–Kier alpha value is -5.12. The number of phenolic OH excluding ortho intramolecular Hbond substituents is 2. The minimum Gasteiger partial charge on any atom is -0.507 e. The van der Waals surface area contributed by atoms with Crippen LogP contribution in [0.25, 0.3) is 21.8 Å². The van der Waals surface area contributed by atoms with Gasteiger partial charge in [-0.25, -0.2) is 4.98 Å². The number of hydrogen-bond donors (Lipinski definition) is 6. The normalized spacial score (nSPS) is 32.1. The highest BCUT2D eigenvalue weighted by molar-refractivity contribution is 6.28. The lowest BCUT2D eigenvalue weighted by molar-refractivity contribution is -0.160. The molecule has 58 heavy (non-hydrogen) atoms. The number of methoxy groups -OCH3 is 1. The van der Waals surface area contributed by atoms with E-state index >= 15 is 0 Å². The van der Waals surface area contributed by atoms with E-state index in [9.17, 15) is 34.8 Å². The van der Waals surface area contributed by atoms with E-state index in [1.165, 1.54) is 27.2 Å². The van der Waals surface area contributed by atoms with E-state index in [1.807, 2.05) is 0 Å². The topological polar surface area (TPSA) is 213 Å². The Bertz CT molecular complexity index is 2190. The van der Waals surface area contributed by atoms with Gasteiger partial charge in [0.1, 0.15) is 28.8 Å². The number of hydrogen-bond acceptors (Lipinski definition) is 13. The van der Waals surface area contributed by atoms with Gasteiger partial charge in [-0.3, -0.25) is 14.4 Å². The largest absolute Gasteiger partial charge is 0.507 e. The van der Waals surface area contributed by atoms with Crippen LogP contribution in [-0.4, -0.2) is 98.5 Å². The first kappa shape index (κ1) is 42.5. The molecule has 0 radical (unpaired) electrons. The van der Waals surface area contributed by atoms with Crippen molar-refractivity contribution in [2.24, 2.45) is 23.7 Å². The number of nitrogens with zero attached hydrogens (tertiary/aromatic N) is 2. The van der Waals surface area contributed by atoms with E-state index in [-0.39, 0.29) is 55.7 Å². The van der Waals surface area contributed by atoms with Gasteiger partial charge >= 0.3 is 11.8 Å². The average Bonchev–Trinajstić information content (AvgIpc) is 3.76. The van der Waals surface area contributed by atoms with Crippen LogP contribution < -0.4 is 15.0 Å². The first-order valence-corrected chi connectivity index (χ1v) is 19.9. The van der Waals surface area contributed by atoms with Crippen LogP contribution in [0.3, 0.4) is 0 Å². The van der Waals surface area contributed by atoms with Crippen LogP contribution in [0.2, 0.25) is 0 Å². The summed E-state index contributed by atoms with van der Waals surface area (Å²) < 4.78 is 23.9. The van der Waals surface area contributed by atoms with Gasteiger partial charge in [-0.1, -0.05) is 45.9 Å². The number of carbonyl (C=O) groups excluding carboxylic acids is 3. The number of aromatic nitrogens is 2. The number of carbonyl (C=O) groups is 3. The number of aromatic amines is 1. The maximum absolute atomic E-state index is 14.6. The number of Topliss-reactive ketones (excluding diaryl/α,β-unsaturated/α-hetero) is 1. The second-order valence-corrected chi connectivity index (χ2v) is 16.2. The highest BCUT2D eigenvalue weighted by Crippen LogP contribution is 2.54. The fraction of sp³-hybridized carbons (Fsp3) is 0.535. The zero-order valence-electron chi connectivity index (χ0n) is 34.6. The molecular weight excluding hydrogens is 748 g/mol. The highest BCUT2D eigenvalue weighted by atomic mass is 16.7. The number of aromatic hydroxyl groups is 2. The number of rotatable bonds is 3. The van der Waals surface area contributed by atoms with Crippen LogP contribution in [0.1, 0.15) is 83.7 Å². The summed E-state index contributed by atoms with van der Waals surface area (Å²) in [5, 5.41) is 49.4. The van der Waals surface area contributed by atoms with Gasteiger partial charge in [-0.2, -0.15) is 0 Å². The van der Waals surface area contributed by atoms with Crippen LogP contribution in [0, 0.1) is 30.6 Å². The molecule has 3 aliphatic rings. The fourth-order valence-corrected chi connectivity index (χ4v) is 8.46. The van der Waals surface area contributed by atoms with E-state index < -0.39 is 77.3 Å². The SMILES string of the molecule is CO[C@H]1/C=C/O[C@@]2(C)Oc3c(C)c(O)c4c(O)c(c5[nH]c(N6CCCCC6)nc5c4c3C2=O)NC(=O)/C(C)=C\C=C\[C@@H](C)[C@H](O)[C@@H](C)[C@H](O)[C@H](C)[C@@H](OC(C)=O)[C@@H]1C. The number of ether oxygens (including phenoxy) is 4. The first-order valence-electron chi connectivity index (χ1n) is 19.9. The Morgan fingerprint density at radius 1 is 0.966 bits per heavy atom. The van der Waals surface area contributed by atoms with E-state index in [0.29, 0.717) is 5.95 Å². The van der Waals surface area contributed by atoms with E-state index in [1.54, 1.807) is 65.8 Å². The van der Waals surface area contributed by atoms with Gasteiger partial charge in [0.2, 0.25) is 5.95 Å². The van der Waals surface area contributed by atoms with E-state index in [4.69, 9.17) is 23.9 Å². The maximum Gasteiger partial charge on any atom is 0.312 e. The number of piperidine rings is 1. The summed E-state index contributed by atoms with van der Waals surface area (Å²) in [4.78, 5) is 51.0. The lowest BCUT2D eigenvalue weighted by Crippen LogP contribution is -2.46. The van der Waals surface area contributed by atoms with Crippen molar-refractivity contribution >= 4 is 51.1 Å². The average molecular weight is 805 g/mol. The molecule has 6 rings (SSSR count). The van der Waals surface area contributed by atoms with Crippen molar-refractivity contribution in [2.45, 2.75) is 105 Å². The van der Waals surface area contributed by atoms with E-state index in [2.05, 4.69) is 15.2 Å². The monoisotopic (exact) mass is 804 g/mol. The van der Waals surface area contributed by atoms with Gasteiger partial charge in [-0.15, -0.1) is 0 Å².